The summed E-state index contributed by atoms with van der Waals surface area (Å²) in [5.74, 6) is -4.80. The second kappa shape index (κ2) is 11.6. The predicted molar refractivity (Wildman–Crippen MR) is 130 cm³/mol. The van der Waals surface area contributed by atoms with E-state index in [1.807, 2.05) is 0 Å². The summed E-state index contributed by atoms with van der Waals surface area (Å²) < 4.78 is 53.7. The first kappa shape index (κ1) is 28.3. The highest BCUT2D eigenvalue weighted by atomic mass is 35.5. The van der Waals surface area contributed by atoms with Crippen molar-refractivity contribution in [3.8, 4) is 11.3 Å². The summed E-state index contributed by atoms with van der Waals surface area (Å²) in [4.78, 5) is 18.6. The number of ether oxygens (including phenoxy) is 2. The lowest BCUT2D eigenvalue weighted by Crippen LogP contribution is -2.55. The smallest absolute Gasteiger partial charge is 0.273 e. The van der Waals surface area contributed by atoms with E-state index in [4.69, 9.17) is 21.1 Å². The number of halogens is 4. The molecule has 1 aliphatic heterocycles. The van der Waals surface area contributed by atoms with Crippen molar-refractivity contribution in [3.05, 3.63) is 58.8 Å². The van der Waals surface area contributed by atoms with Gasteiger partial charge < -0.3 is 24.6 Å². The molecule has 2 N–H and O–H groups in total. The van der Waals surface area contributed by atoms with E-state index in [-0.39, 0.29) is 27.9 Å². The van der Waals surface area contributed by atoms with Crippen LogP contribution in [0.3, 0.4) is 0 Å². The van der Waals surface area contributed by atoms with Gasteiger partial charge in [0, 0.05) is 37.9 Å². The molecule has 0 aliphatic carbocycles. The van der Waals surface area contributed by atoms with Gasteiger partial charge in [-0.05, 0) is 18.2 Å². The van der Waals surface area contributed by atoms with Crippen LogP contribution in [0.2, 0.25) is 5.02 Å². The van der Waals surface area contributed by atoms with E-state index >= 15 is 0 Å². The van der Waals surface area contributed by atoms with Crippen molar-refractivity contribution >= 4 is 29.3 Å². The zero-order valence-corrected chi connectivity index (χ0v) is 21.8. The average molecular weight is 574 g/mol. The molecule has 3 heterocycles. The number of benzene rings is 1. The molecule has 1 amide bonds. The average Bonchev–Trinajstić information content (AvgIpc) is 3.37. The van der Waals surface area contributed by atoms with Crippen LogP contribution >= 0.6 is 23.4 Å². The monoisotopic (exact) mass is 573 g/mol. The number of hydrogen-bond donors (Lipinski definition) is 2. The zero-order valence-electron chi connectivity index (χ0n) is 20.3. The van der Waals surface area contributed by atoms with Crippen LogP contribution in [0, 0.1) is 17.5 Å². The number of aromatic nitrogens is 4. The highest BCUT2D eigenvalue weighted by Gasteiger charge is 2.48. The second-order valence-corrected chi connectivity index (χ2v) is 10.1. The Morgan fingerprint density at radius 3 is 2.55 bits per heavy atom. The number of rotatable bonds is 7. The molecule has 10 nitrogen and oxygen atoms in total. The molecule has 0 bridgehead atoms. The molecule has 3 aromatic rings. The van der Waals surface area contributed by atoms with Gasteiger partial charge in [-0.15, -0.1) is 5.10 Å². The van der Waals surface area contributed by atoms with Gasteiger partial charge in [0.05, 0.1) is 17.8 Å². The van der Waals surface area contributed by atoms with Crippen molar-refractivity contribution < 1.29 is 37.7 Å². The third kappa shape index (κ3) is 5.51. The van der Waals surface area contributed by atoms with Crippen LogP contribution in [0.15, 0.2) is 35.5 Å². The minimum absolute atomic E-state index is 0.000923. The fourth-order valence-corrected chi connectivity index (χ4v) is 5.50. The molecule has 0 radical (unpaired) electrons. The Morgan fingerprint density at radius 1 is 1.26 bits per heavy atom. The van der Waals surface area contributed by atoms with Crippen LogP contribution in [0.1, 0.15) is 16.5 Å². The molecular weight excluding hydrogens is 551 g/mol. The molecule has 1 aromatic carbocycles. The van der Waals surface area contributed by atoms with Crippen molar-refractivity contribution in [3.63, 3.8) is 0 Å². The molecule has 38 heavy (non-hydrogen) atoms. The summed E-state index contributed by atoms with van der Waals surface area (Å²) in [5, 5.41) is 29.1. The molecule has 0 saturated carbocycles. The number of pyridine rings is 1. The SMILES string of the molecule is CO[C@@H]1[C@@H](n2cc(-c3cc(F)c(F)c(F)c3)nn2)[C@@H](O)[C@@H](CO)O[C@@H]1Sc1cc(Cl)cnc1C(=O)N(C)C. The molecular formula is C23H23ClF3N5O5S. The topological polar surface area (TPSA) is 123 Å². The zero-order chi connectivity index (χ0) is 27.7. The summed E-state index contributed by atoms with van der Waals surface area (Å²) in [7, 11) is 4.50. The van der Waals surface area contributed by atoms with E-state index in [1.54, 1.807) is 14.1 Å². The van der Waals surface area contributed by atoms with Crippen LogP contribution in [0.4, 0.5) is 13.2 Å². The van der Waals surface area contributed by atoms with Gasteiger partial charge >= 0.3 is 0 Å². The minimum Gasteiger partial charge on any atom is -0.394 e. The number of aliphatic hydroxyl groups is 2. The summed E-state index contributed by atoms with van der Waals surface area (Å²) >= 11 is 7.18. The van der Waals surface area contributed by atoms with Crippen molar-refractivity contribution in [1.82, 2.24) is 24.9 Å². The van der Waals surface area contributed by atoms with Crippen molar-refractivity contribution in [1.29, 1.82) is 0 Å². The number of hydrogen-bond acceptors (Lipinski definition) is 9. The van der Waals surface area contributed by atoms with Crippen molar-refractivity contribution in [2.24, 2.45) is 0 Å². The van der Waals surface area contributed by atoms with Gasteiger partial charge in [0.25, 0.3) is 5.91 Å². The summed E-state index contributed by atoms with van der Waals surface area (Å²) in [6.45, 7) is -0.571. The van der Waals surface area contributed by atoms with E-state index in [1.165, 1.54) is 35.2 Å². The van der Waals surface area contributed by atoms with E-state index in [2.05, 4.69) is 15.3 Å². The van der Waals surface area contributed by atoms with Crippen LogP contribution in [-0.4, -0.2) is 92.6 Å². The fourth-order valence-electron chi connectivity index (χ4n) is 3.98. The Morgan fingerprint density at radius 2 is 1.95 bits per heavy atom. The number of carbonyl (C=O) groups is 1. The Balaban J connectivity index is 1.71. The Hall–Kier alpha value is -2.75. The van der Waals surface area contributed by atoms with Crippen LogP contribution in [-0.2, 0) is 9.47 Å². The molecule has 0 unspecified atom stereocenters. The van der Waals surface area contributed by atoms with Crippen LogP contribution in [0.5, 0.6) is 0 Å². The molecule has 15 heteroatoms. The first-order valence-corrected chi connectivity index (χ1v) is 12.4. The van der Waals surface area contributed by atoms with Gasteiger partial charge in [0.15, 0.2) is 17.5 Å². The lowest BCUT2D eigenvalue weighted by atomic mass is 9.97. The number of thioether (sulfide) groups is 1. The van der Waals surface area contributed by atoms with Crippen molar-refractivity contribution in [2.45, 2.75) is 34.7 Å². The molecule has 204 valence electrons. The first-order valence-electron chi connectivity index (χ1n) is 11.1. The van der Waals surface area contributed by atoms with Gasteiger partial charge in [-0.3, -0.25) is 4.79 Å². The lowest BCUT2D eigenvalue weighted by Gasteiger charge is -2.43. The Labute approximate surface area is 224 Å². The van der Waals surface area contributed by atoms with E-state index in [9.17, 15) is 28.2 Å². The van der Waals surface area contributed by atoms with Gasteiger partial charge in [0.2, 0.25) is 0 Å². The number of nitrogens with zero attached hydrogens (tertiary/aromatic N) is 5. The molecule has 1 aliphatic rings. The lowest BCUT2D eigenvalue weighted by molar-refractivity contribution is -0.186. The normalized spacial score (nSPS) is 23.4. The van der Waals surface area contributed by atoms with Gasteiger partial charge in [0.1, 0.15) is 41.2 Å². The number of amides is 1. The van der Waals surface area contributed by atoms with Gasteiger partial charge in [-0.1, -0.05) is 28.6 Å². The molecule has 2 aromatic heterocycles. The molecule has 1 saturated heterocycles. The Bertz CT molecular complexity index is 1310. The maximum absolute atomic E-state index is 13.8. The summed E-state index contributed by atoms with van der Waals surface area (Å²) in [5.41, 5.74) is -0.883. The predicted octanol–water partition coefficient (Wildman–Crippen LogP) is 2.54. The maximum Gasteiger partial charge on any atom is 0.273 e. The number of carbonyl (C=O) groups excluding carboxylic acids is 1. The van der Waals surface area contributed by atoms with E-state index < -0.39 is 53.8 Å². The maximum atomic E-state index is 13.8. The summed E-state index contributed by atoms with van der Waals surface area (Å²) in [6, 6.07) is 2.07. The van der Waals surface area contributed by atoms with E-state index in [0.29, 0.717) is 4.90 Å². The number of methoxy groups -OCH3 is 1. The first-order chi connectivity index (χ1) is 18.0. The third-order valence-electron chi connectivity index (χ3n) is 5.86. The molecule has 4 rings (SSSR count). The highest BCUT2D eigenvalue weighted by molar-refractivity contribution is 8.00. The quantitative estimate of drug-likeness (QED) is 0.411. The third-order valence-corrected chi connectivity index (χ3v) is 7.25. The van der Waals surface area contributed by atoms with Crippen LogP contribution in [0.25, 0.3) is 11.3 Å². The molecule has 0 spiro atoms. The molecule has 1 fully saturated rings. The fraction of sp³-hybridized carbons (Fsp3) is 0.391. The standard InChI is InChI=1S/C23H23ClF3N5O5S/c1-31(2)22(35)18-16(6-11(24)7-28-18)38-23-21(36-3)19(20(34)15(9-33)37-23)32-8-14(29-30-32)10-4-12(25)17(27)13(26)5-10/h4-8,15,19-21,23,33-34H,9H2,1-3H3/t15-,19+,20+,21-,23-/m1/s1. The van der Waals surface area contributed by atoms with Crippen molar-refractivity contribution in [2.75, 3.05) is 27.8 Å². The molecule has 5 atom stereocenters. The summed E-state index contributed by atoms with van der Waals surface area (Å²) in [6.07, 6.45) is -0.750. The van der Waals surface area contributed by atoms with Gasteiger partial charge in [-0.25, -0.2) is 22.8 Å². The minimum atomic E-state index is -1.62. The highest BCUT2D eigenvalue weighted by Crippen LogP contribution is 2.41. The van der Waals surface area contributed by atoms with Gasteiger partial charge in [-0.2, -0.15) is 0 Å². The number of aliphatic hydroxyl groups excluding tert-OH is 2. The largest absolute Gasteiger partial charge is 0.394 e. The Kier molecular flexibility index (Phi) is 8.59. The van der Waals surface area contributed by atoms with E-state index in [0.717, 1.165) is 23.9 Å². The van der Waals surface area contributed by atoms with Crippen LogP contribution < -0.4 is 0 Å². The second-order valence-electron chi connectivity index (χ2n) is 8.56.